The number of hydrogen-bond donors (Lipinski definition) is 1. The molecular weight excluding hydrogens is 435 g/mol. The number of hydrogen-bond acceptors (Lipinski definition) is 6. The van der Waals surface area contributed by atoms with Crippen molar-refractivity contribution >= 4 is 48.9 Å². The molecule has 0 amide bonds. The van der Waals surface area contributed by atoms with Crippen LogP contribution in [0.2, 0.25) is 0 Å². The van der Waals surface area contributed by atoms with E-state index in [2.05, 4.69) is 0 Å². The molecule has 0 aliphatic carbocycles. The summed E-state index contributed by atoms with van der Waals surface area (Å²) in [6, 6.07) is 10.3. The minimum atomic E-state index is -1.32. The molecule has 0 bridgehead atoms. The van der Waals surface area contributed by atoms with Crippen molar-refractivity contribution < 1.29 is 23.8 Å². The quantitative estimate of drug-likeness (QED) is 0.496. The predicted octanol–water partition coefficient (Wildman–Crippen LogP) is 3.85. The van der Waals surface area contributed by atoms with Crippen LogP contribution in [0.1, 0.15) is 23.2 Å². The number of aromatic nitrogens is 1. The van der Waals surface area contributed by atoms with Gasteiger partial charge in [-0.05, 0) is 24.3 Å². The van der Waals surface area contributed by atoms with Gasteiger partial charge < -0.3 is 19.5 Å². The van der Waals surface area contributed by atoms with Gasteiger partial charge in [0.1, 0.15) is 16.2 Å². The number of carboxylic acid groups (broad SMARTS) is 1. The third-order valence-electron chi connectivity index (χ3n) is 6.40. The number of carboxylic acids is 1. The average Bonchev–Trinajstić information content (AvgIpc) is 3.39. The first-order valence-corrected chi connectivity index (χ1v) is 11.2. The number of benzene rings is 2. The zero-order valence-electron chi connectivity index (χ0n) is 17.0. The minimum Gasteiger partial charge on any atom is -0.477 e. The maximum absolute atomic E-state index is 15.2. The lowest BCUT2D eigenvalue weighted by atomic mass is 10.0. The first-order chi connectivity index (χ1) is 15.5. The summed E-state index contributed by atoms with van der Waals surface area (Å²) in [5.74, 6) is -2.44. The third-order valence-corrected chi connectivity index (χ3v) is 7.55. The standard InChI is InChI=1S/C23H19FN2O5S/c24-14-11-13-16(12-17(14)25-7-5-23(6-8-25)30-9-10-31-23)26-15-3-1-2-4-18(15)32-21(26)19(20(13)27)22(28)29/h1-4,11-12H,5-10H2,(H,28,29). The predicted molar refractivity (Wildman–Crippen MR) is 120 cm³/mol. The molecular formula is C23H19FN2O5S. The van der Waals surface area contributed by atoms with E-state index in [1.165, 1.54) is 17.4 Å². The lowest BCUT2D eigenvalue weighted by Crippen LogP contribution is -2.45. The molecule has 0 radical (unpaired) electrons. The third kappa shape index (κ3) is 2.78. The van der Waals surface area contributed by atoms with E-state index in [4.69, 9.17) is 9.47 Å². The SMILES string of the molecule is O=C(O)c1c(=O)c2cc(F)c(N3CCC4(CC3)OCCO4)cc2n2c1sc1ccccc12. The lowest BCUT2D eigenvalue weighted by molar-refractivity contribution is -0.169. The Hall–Kier alpha value is -3.01. The monoisotopic (exact) mass is 454 g/mol. The lowest BCUT2D eigenvalue weighted by Gasteiger charge is -2.38. The fraction of sp³-hybridized carbons (Fsp3) is 0.304. The summed E-state index contributed by atoms with van der Waals surface area (Å²) in [5, 5.41) is 9.80. The largest absolute Gasteiger partial charge is 0.477 e. The van der Waals surface area contributed by atoms with Crippen LogP contribution in [0.25, 0.3) is 25.9 Å². The number of carbonyl (C=O) groups is 1. The topological polar surface area (TPSA) is 80.5 Å². The highest BCUT2D eigenvalue weighted by molar-refractivity contribution is 7.24. The number of ether oxygens (including phenoxy) is 2. The summed E-state index contributed by atoms with van der Waals surface area (Å²) in [6.07, 6.45) is 1.25. The van der Waals surface area contributed by atoms with Crippen LogP contribution in [0.3, 0.4) is 0 Å². The smallest absolute Gasteiger partial charge is 0.342 e. The minimum absolute atomic E-state index is 0.0562. The number of nitrogens with zero attached hydrogens (tertiary/aromatic N) is 2. The van der Waals surface area contributed by atoms with E-state index in [1.807, 2.05) is 29.2 Å². The van der Waals surface area contributed by atoms with Gasteiger partial charge in [-0.1, -0.05) is 12.1 Å². The Bertz CT molecular complexity index is 1460. The van der Waals surface area contributed by atoms with Gasteiger partial charge in [0, 0.05) is 25.9 Å². The van der Waals surface area contributed by atoms with Crippen molar-refractivity contribution in [2.75, 3.05) is 31.2 Å². The van der Waals surface area contributed by atoms with Crippen molar-refractivity contribution in [3.63, 3.8) is 0 Å². The molecule has 164 valence electrons. The normalized spacial score (nSPS) is 18.3. The average molecular weight is 454 g/mol. The maximum Gasteiger partial charge on any atom is 0.342 e. The van der Waals surface area contributed by atoms with Crippen molar-refractivity contribution in [1.82, 2.24) is 4.40 Å². The molecule has 2 aromatic carbocycles. The zero-order valence-corrected chi connectivity index (χ0v) is 17.8. The van der Waals surface area contributed by atoms with Crippen molar-refractivity contribution in [1.29, 1.82) is 0 Å². The second kappa shape index (κ2) is 6.99. The molecule has 2 aromatic heterocycles. The van der Waals surface area contributed by atoms with Crippen molar-refractivity contribution in [2.24, 2.45) is 0 Å². The molecule has 2 saturated heterocycles. The maximum atomic E-state index is 15.2. The van der Waals surface area contributed by atoms with E-state index < -0.39 is 23.0 Å². The number of thiazole rings is 1. The van der Waals surface area contributed by atoms with Crippen LogP contribution in [-0.2, 0) is 9.47 Å². The summed E-state index contributed by atoms with van der Waals surface area (Å²) >= 11 is 1.25. The Kier molecular flexibility index (Phi) is 4.30. The van der Waals surface area contributed by atoms with Gasteiger partial charge in [0.05, 0.1) is 40.0 Å². The van der Waals surface area contributed by atoms with Crippen LogP contribution in [0.15, 0.2) is 41.2 Å². The van der Waals surface area contributed by atoms with E-state index in [0.29, 0.717) is 55.2 Å². The van der Waals surface area contributed by atoms with Gasteiger partial charge in [0.25, 0.3) is 0 Å². The van der Waals surface area contributed by atoms with Crippen LogP contribution in [-0.4, -0.2) is 47.6 Å². The summed E-state index contributed by atoms with van der Waals surface area (Å²) in [6.45, 7) is 2.25. The molecule has 4 aromatic rings. The van der Waals surface area contributed by atoms with Crippen molar-refractivity contribution in [3.05, 3.63) is 58.0 Å². The van der Waals surface area contributed by atoms with Crippen LogP contribution in [0.4, 0.5) is 10.1 Å². The van der Waals surface area contributed by atoms with Gasteiger partial charge in [0.2, 0.25) is 5.43 Å². The Morgan fingerprint density at radius 2 is 1.81 bits per heavy atom. The Balaban J connectivity index is 1.58. The molecule has 0 saturated carbocycles. The number of fused-ring (bicyclic) bond motifs is 5. The number of anilines is 1. The Labute approximate surface area is 185 Å². The van der Waals surface area contributed by atoms with Crippen LogP contribution in [0.5, 0.6) is 0 Å². The molecule has 0 atom stereocenters. The summed E-state index contributed by atoms with van der Waals surface area (Å²) in [5.41, 5.74) is 0.661. The highest BCUT2D eigenvalue weighted by atomic mass is 32.1. The zero-order chi connectivity index (χ0) is 22.0. The molecule has 7 nitrogen and oxygen atoms in total. The number of aromatic carboxylic acids is 1. The van der Waals surface area contributed by atoms with Gasteiger partial charge in [-0.25, -0.2) is 9.18 Å². The summed E-state index contributed by atoms with van der Waals surface area (Å²) in [7, 11) is 0. The van der Waals surface area contributed by atoms with Crippen LogP contribution in [0, 0.1) is 5.82 Å². The van der Waals surface area contributed by atoms with E-state index in [-0.39, 0.29) is 10.9 Å². The van der Waals surface area contributed by atoms with Crippen LogP contribution < -0.4 is 10.3 Å². The second-order valence-corrected chi connectivity index (χ2v) is 9.17. The second-order valence-electron chi connectivity index (χ2n) is 8.14. The first-order valence-electron chi connectivity index (χ1n) is 10.4. The van der Waals surface area contributed by atoms with E-state index in [0.717, 1.165) is 10.2 Å². The number of rotatable bonds is 2. The summed E-state index contributed by atoms with van der Waals surface area (Å²) < 4.78 is 29.4. The number of para-hydroxylation sites is 1. The first kappa shape index (κ1) is 19.7. The van der Waals surface area contributed by atoms with Gasteiger partial charge in [-0.15, -0.1) is 11.3 Å². The molecule has 6 rings (SSSR count). The number of piperidine rings is 1. The molecule has 32 heavy (non-hydrogen) atoms. The fourth-order valence-corrected chi connectivity index (χ4v) is 6.03. The number of halogens is 1. The highest BCUT2D eigenvalue weighted by Gasteiger charge is 2.40. The van der Waals surface area contributed by atoms with Gasteiger partial charge in [0.15, 0.2) is 5.79 Å². The van der Waals surface area contributed by atoms with Crippen LogP contribution >= 0.6 is 11.3 Å². The Morgan fingerprint density at radius 1 is 1.09 bits per heavy atom. The molecule has 2 aliphatic rings. The molecule has 2 aliphatic heterocycles. The van der Waals surface area contributed by atoms with E-state index in [1.54, 1.807) is 10.5 Å². The van der Waals surface area contributed by atoms with E-state index in [9.17, 15) is 14.7 Å². The van der Waals surface area contributed by atoms with Gasteiger partial charge in [-0.2, -0.15) is 0 Å². The Morgan fingerprint density at radius 3 is 2.53 bits per heavy atom. The molecule has 9 heteroatoms. The van der Waals surface area contributed by atoms with Crippen molar-refractivity contribution in [2.45, 2.75) is 18.6 Å². The highest BCUT2D eigenvalue weighted by Crippen LogP contribution is 2.37. The molecule has 0 unspecified atom stereocenters. The van der Waals surface area contributed by atoms with E-state index >= 15 is 4.39 Å². The molecule has 1 spiro atoms. The number of pyridine rings is 1. The summed E-state index contributed by atoms with van der Waals surface area (Å²) in [4.78, 5) is 27.3. The fourth-order valence-electron chi connectivity index (χ4n) is 4.84. The molecule has 1 N–H and O–H groups in total. The molecule has 4 heterocycles. The molecule has 2 fully saturated rings. The van der Waals surface area contributed by atoms with Gasteiger partial charge in [-0.3, -0.25) is 9.20 Å². The van der Waals surface area contributed by atoms with Crippen molar-refractivity contribution in [3.8, 4) is 0 Å². The van der Waals surface area contributed by atoms with Gasteiger partial charge >= 0.3 is 5.97 Å².